The fourth-order valence-electron chi connectivity index (χ4n) is 1.80. The first-order valence-corrected chi connectivity index (χ1v) is 6.47. The summed E-state index contributed by atoms with van der Waals surface area (Å²) in [7, 11) is 1.68. The molecule has 3 heteroatoms. The summed E-state index contributed by atoms with van der Waals surface area (Å²) in [5.74, 6) is 1.76. The van der Waals surface area contributed by atoms with Crippen molar-refractivity contribution in [1.82, 2.24) is 0 Å². The van der Waals surface area contributed by atoms with Crippen molar-refractivity contribution in [3.8, 4) is 11.5 Å². The summed E-state index contributed by atoms with van der Waals surface area (Å²) in [6.07, 6.45) is 0.978. The van der Waals surface area contributed by atoms with E-state index in [0.717, 1.165) is 23.5 Å². The van der Waals surface area contributed by atoms with Gasteiger partial charge < -0.3 is 15.2 Å². The molecule has 1 rings (SSSR count). The molecule has 1 atom stereocenters. The molecule has 2 N–H and O–H groups in total. The van der Waals surface area contributed by atoms with Crippen LogP contribution in [-0.4, -0.2) is 19.8 Å². The molecule has 0 spiro atoms. The molecule has 0 saturated carbocycles. The molecular weight excluding hydrogens is 226 g/mol. The molecule has 102 valence electrons. The summed E-state index contributed by atoms with van der Waals surface area (Å²) in [5.41, 5.74) is 6.85. The average Bonchev–Trinajstić information content (AvgIpc) is 2.34. The lowest BCUT2D eigenvalue weighted by Gasteiger charge is -2.26. The van der Waals surface area contributed by atoms with Crippen LogP contribution in [0.2, 0.25) is 0 Å². The van der Waals surface area contributed by atoms with Crippen LogP contribution in [0.1, 0.15) is 39.7 Å². The minimum absolute atomic E-state index is 0.0107. The van der Waals surface area contributed by atoms with Gasteiger partial charge >= 0.3 is 0 Å². The fourth-order valence-corrected chi connectivity index (χ4v) is 1.80. The molecule has 18 heavy (non-hydrogen) atoms. The molecule has 0 radical (unpaired) electrons. The van der Waals surface area contributed by atoms with Gasteiger partial charge in [-0.1, -0.05) is 27.7 Å². The summed E-state index contributed by atoms with van der Waals surface area (Å²) in [5, 5.41) is 0. The molecular formula is C15H25NO2. The molecule has 0 bridgehead atoms. The van der Waals surface area contributed by atoms with Crippen LogP contribution in [0.4, 0.5) is 0 Å². The second-order valence-electron chi connectivity index (χ2n) is 5.50. The number of hydrogen-bond acceptors (Lipinski definition) is 3. The van der Waals surface area contributed by atoms with E-state index in [0.29, 0.717) is 6.54 Å². The van der Waals surface area contributed by atoms with E-state index in [9.17, 15) is 0 Å². The summed E-state index contributed by atoms with van der Waals surface area (Å²) in [6.45, 7) is 9.11. The normalized spacial score (nSPS) is 13.2. The van der Waals surface area contributed by atoms with Crippen LogP contribution in [0.5, 0.6) is 11.5 Å². The monoisotopic (exact) mass is 251 g/mol. The standard InChI is InChI=1S/C15H25NO2/c1-6-11(10-16)18-14-8-7-12(17-5)9-13(14)15(2,3)4/h7-9,11H,6,10,16H2,1-5H3. The zero-order chi connectivity index (χ0) is 13.8. The van der Waals surface area contributed by atoms with Gasteiger partial charge in [0.15, 0.2) is 0 Å². The quantitative estimate of drug-likeness (QED) is 0.874. The minimum atomic E-state index is 0.0107. The highest BCUT2D eigenvalue weighted by Crippen LogP contribution is 2.34. The van der Waals surface area contributed by atoms with Crippen molar-refractivity contribution in [3.63, 3.8) is 0 Å². The van der Waals surface area contributed by atoms with Gasteiger partial charge in [0.2, 0.25) is 0 Å². The lowest BCUT2D eigenvalue weighted by molar-refractivity contribution is 0.200. The van der Waals surface area contributed by atoms with Gasteiger partial charge in [-0.15, -0.1) is 0 Å². The summed E-state index contributed by atoms with van der Waals surface area (Å²) in [6, 6.07) is 5.93. The van der Waals surface area contributed by atoms with Gasteiger partial charge in [0.05, 0.1) is 7.11 Å². The lowest BCUT2D eigenvalue weighted by Crippen LogP contribution is -2.27. The Labute approximate surface area is 110 Å². The highest BCUT2D eigenvalue weighted by Gasteiger charge is 2.21. The third-order valence-corrected chi connectivity index (χ3v) is 3.01. The summed E-state index contributed by atoms with van der Waals surface area (Å²) >= 11 is 0. The zero-order valence-corrected chi connectivity index (χ0v) is 12.1. The summed E-state index contributed by atoms with van der Waals surface area (Å²) in [4.78, 5) is 0. The first-order valence-electron chi connectivity index (χ1n) is 6.47. The van der Waals surface area contributed by atoms with E-state index >= 15 is 0 Å². The van der Waals surface area contributed by atoms with Gasteiger partial charge in [0.25, 0.3) is 0 Å². The number of methoxy groups -OCH3 is 1. The van der Waals surface area contributed by atoms with Crippen molar-refractivity contribution in [1.29, 1.82) is 0 Å². The second kappa shape index (κ2) is 6.10. The van der Waals surface area contributed by atoms with Crippen molar-refractivity contribution < 1.29 is 9.47 Å². The second-order valence-corrected chi connectivity index (χ2v) is 5.50. The van der Waals surface area contributed by atoms with Crippen molar-refractivity contribution in [2.75, 3.05) is 13.7 Å². The molecule has 0 saturated heterocycles. The van der Waals surface area contributed by atoms with E-state index in [1.54, 1.807) is 7.11 Å². The van der Waals surface area contributed by atoms with Crippen LogP contribution in [0.15, 0.2) is 18.2 Å². The Morgan fingerprint density at radius 2 is 1.94 bits per heavy atom. The highest BCUT2D eigenvalue weighted by molar-refractivity contribution is 5.44. The Hall–Kier alpha value is -1.22. The average molecular weight is 251 g/mol. The molecule has 0 fully saturated rings. The van der Waals surface area contributed by atoms with E-state index in [1.165, 1.54) is 0 Å². The Bertz CT molecular complexity index is 379. The fraction of sp³-hybridized carbons (Fsp3) is 0.600. The first kappa shape index (κ1) is 14.8. The third kappa shape index (κ3) is 3.64. The predicted octanol–water partition coefficient (Wildman–Crippen LogP) is 3.11. The molecule has 0 aromatic heterocycles. The van der Waals surface area contributed by atoms with E-state index in [-0.39, 0.29) is 11.5 Å². The molecule has 1 aromatic rings. The topological polar surface area (TPSA) is 44.5 Å². The molecule has 3 nitrogen and oxygen atoms in total. The molecule has 0 heterocycles. The highest BCUT2D eigenvalue weighted by atomic mass is 16.5. The van der Waals surface area contributed by atoms with Gasteiger partial charge in [0, 0.05) is 12.1 Å². The van der Waals surface area contributed by atoms with Crippen LogP contribution in [0, 0.1) is 0 Å². The zero-order valence-electron chi connectivity index (χ0n) is 12.1. The van der Waals surface area contributed by atoms with Gasteiger partial charge in [-0.2, -0.15) is 0 Å². The van der Waals surface area contributed by atoms with E-state index in [2.05, 4.69) is 27.7 Å². The van der Waals surface area contributed by atoms with Gasteiger partial charge in [-0.25, -0.2) is 0 Å². The van der Waals surface area contributed by atoms with Crippen molar-refractivity contribution in [2.24, 2.45) is 5.73 Å². The molecule has 0 aliphatic heterocycles. The molecule has 0 aliphatic carbocycles. The van der Waals surface area contributed by atoms with Gasteiger partial charge in [-0.3, -0.25) is 0 Å². The maximum atomic E-state index is 5.99. The number of benzene rings is 1. The molecule has 1 unspecified atom stereocenters. The Balaban J connectivity index is 3.10. The lowest BCUT2D eigenvalue weighted by atomic mass is 9.86. The van der Waals surface area contributed by atoms with Crippen LogP contribution in [0.25, 0.3) is 0 Å². The summed E-state index contributed by atoms with van der Waals surface area (Å²) < 4.78 is 11.3. The third-order valence-electron chi connectivity index (χ3n) is 3.01. The maximum Gasteiger partial charge on any atom is 0.123 e. The predicted molar refractivity (Wildman–Crippen MR) is 75.5 cm³/mol. The number of hydrogen-bond donors (Lipinski definition) is 1. The number of nitrogens with two attached hydrogens (primary N) is 1. The Kier molecular flexibility index (Phi) is 5.03. The van der Waals surface area contributed by atoms with E-state index in [1.807, 2.05) is 18.2 Å². The van der Waals surface area contributed by atoms with Crippen molar-refractivity contribution in [2.45, 2.75) is 45.6 Å². The van der Waals surface area contributed by atoms with Crippen LogP contribution in [-0.2, 0) is 5.41 Å². The Morgan fingerprint density at radius 3 is 2.39 bits per heavy atom. The molecule has 1 aromatic carbocycles. The SMILES string of the molecule is CCC(CN)Oc1ccc(OC)cc1C(C)(C)C. The smallest absolute Gasteiger partial charge is 0.123 e. The molecule has 0 aliphatic rings. The van der Waals surface area contributed by atoms with Crippen LogP contribution in [0.3, 0.4) is 0 Å². The van der Waals surface area contributed by atoms with Crippen LogP contribution < -0.4 is 15.2 Å². The number of rotatable bonds is 5. The maximum absolute atomic E-state index is 5.99. The van der Waals surface area contributed by atoms with Crippen molar-refractivity contribution >= 4 is 0 Å². The van der Waals surface area contributed by atoms with E-state index in [4.69, 9.17) is 15.2 Å². The molecule has 0 amide bonds. The van der Waals surface area contributed by atoms with Gasteiger partial charge in [0.1, 0.15) is 17.6 Å². The number of ether oxygens (including phenoxy) is 2. The first-order chi connectivity index (χ1) is 8.42. The Morgan fingerprint density at radius 1 is 1.28 bits per heavy atom. The van der Waals surface area contributed by atoms with Crippen molar-refractivity contribution in [3.05, 3.63) is 23.8 Å². The largest absolute Gasteiger partial charge is 0.497 e. The van der Waals surface area contributed by atoms with Gasteiger partial charge in [-0.05, 0) is 30.0 Å². The van der Waals surface area contributed by atoms with E-state index < -0.39 is 0 Å². The van der Waals surface area contributed by atoms with Crippen LogP contribution >= 0.6 is 0 Å². The minimum Gasteiger partial charge on any atom is -0.497 e.